The summed E-state index contributed by atoms with van der Waals surface area (Å²) in [6.45, 7) is 1.07. The van der Waals surface area contributed by atoms with Gasteiger partial charge in [0.2, 0.25) is 5.90 Å². The van der Waals surface area contributed by atoms with Crippen molar-refractivity contribution in [2.75, 3.05) is 13.2 Å². The predicted octanol–water partition coefficient (Wildman–Crippen LogP) is 1.98. The standard InChI is InChI=1S/C9H7IN2O3/c10-6-1-2-7(8(5-6)12(13)14)9-11-3-4-15-9/h1-2,5H,3-4H2. The molecule has 0 radical (unpaired) electrons. The van der Waals surface area contributed by atoms with E-state index in [1.165, 1.54) is 6.07 Å². The Kier molecular flexibility index (Phi) is 2.85. The van der Waals surface area contributed by atoms with E-state index in [4.69, 9.17) is 4.74 Å². The molecule has 0 spiro atoms. The van der Waals surface area contributed by atoms with Gasteiger partial charge in [0.15, 0.2) is 0 Å². The van der Waals surface area contributed by atoms with Crippen molar-refractivity contribution in [2.24, 2.45) is 4.99 Å². The van der Waals surface area contributed by atoms with Crippen molar-refractivity contribution in [3.8, 4) is 0 Å². The molecule has 0 amide bonds. The van der Waals surface area contributed by atoms with Gasteiger partial charge in [-0.1, -0.05) is 0 Å². The maximum absolute atomic E-state index is 10.8. The Hall–Kier alpha value is -1.18. The Morgan fingerprint density at radius 3 is 2.93 bits per heavy atom. The second-order valence-corrected chi connectivity index (χ2v) is 4.20. The van der Waals surface area contributed by atoms with Crippen LogP contribution in [0.3, 0.4) is 0 Å². The van der Waals surface area contributed by atoms with Crippen LogP contribution < -0.4 is 0 Å². The van der Waals surface area contributed by atoms with Gasteiger partial charge in [-0.3, -0.25) is 10.1 Å². The van der Waals surface area contributed by atoms with Gasteiger partial charge in [0.1, 0.15) is 12.2 Å². The minimum Gasteiger partial charge on any atom is -0.475 e. The molecule has 2 rings (SSSR count). The van der Waals surface area contributed by atoms with Crippen LogP contribution in [0.1, 0.15) is 5.56 Å². The van der Waals surface area contributed by atoms with Gasteiger partial charge in [0.25, 0.3) is 5.69 Å². The Morgan fingerprint density at radius 1 is 1.53 bits per heavy atom. The van der Waals surface area contributed by atoms with Crippen LogP contribution >= 0.6 is 22.6 Å². The number of ether oxygens (including phenoxy) is 1. The molecule has 0 saturated heterocycles. The lowest BCUT2D eigenvalue weighted by atomic mass is 10.2. The van der Waals surface area contributed by atoms with Gasteiger partial charge in [-0.15, -0.1) is 0 Å². The molecule has 6 heteroatoms. The summed E-state index contributed by atoms with van der Waals surface area (Å²) in [5.41, 5.74) is 0.500. The SMILES string of the molecule is O=[N+]([O-])c1cc(I)ccc1C1=NCCO1. The number of halogens is 1. The zero-order chi connectivity index (χ0) is 10.8. The van der Waals surface area contributed by atoms with Gasteiger partial charge in [0.05, 0.1) is 11.5 Å². The fourth-order valence-corrected chi connectivity index (χ4v) is 1.81. The summed E-state index contributed by atoms with van der Waals surface area (Å²) in [6, 6.07) is 4.98. The molecular formula is C9H7IN2O3. The molecule has 1 heterocycles. The smallest absolute Gasteiger partial charge is 0.283 e. The van der Waals surface area contributed by atoms with E-state index < -0.39 is 4.92 Å². The van der Waals surface area contributed by atoms with Crippen molar-refractivity contribution in [1.29, 1.82) is 0 Å². The Balaban J connectivity index is 2.50. The molecule has 1 aromatic rings. The van der Waals surface area contributed by atoms with Gasteiger partial charge in [0, 0.05) is 9.64 Å². The lowest BCUT2D eigenvalue weighted by Crippen LogP contribution is -2.05. The molecule has 15 heavy (non-hydrogen) atoms. The zero-order valence-corrected chi connectivity index (χ0v) is 9.80. The topological polar surface area (TPSA) is 64.7 Å². The summed E-state index contributed by atoms with van der Waals surface area (Å²) in [5.74, 6) is 0.373. The number of rotatable bonds is 2. The van der Waals surface area contributed by atoms with E-state index >= 15 is 0 Å². The lowest BCUT2D eigenvalue weighted by molar-refractivity contribution is -0.385. The van der Waals surface area contributed by atoms with Crippen molar-refractivity contribution in [3.63, 3.8) is 0 Å². The quantitative estimate of drug-likeness (QED) is 0.476. The summed E-state index contributed by atoms with van der Waals surface area (Å²) in [7, 11) is 0. The Labute approximate surface area is 99.4 Å². The van der Waals surface area contributed by atoms with Gasteiger partial charge < -0.3 is 4.74 Å². The molecule has 0 atom stereocenters. The molecule has 78 valence electrons. The number of nitro groups is 1. The Morgan fingerprint density at radius 2 is 2.33 bits per heavy atom. The summed E-state index contributed by atoms with van der Waals surface area (Å²) < 4.78 is 6.03. The predicted molar refractivity (Wildman–Crippen MR) is 63.2 cm³/mol. The van der Waals surface area contributed by atoms with Crippen LogP contribution in [0, 0.1) is 13.7 Å². The summed E-state index contributed by atoms with van der Waals surface area (Å²) in [5, 5.41) is 10.8. The molecule has 0 aromatic heterocycles. The fourth-order valence-electron chi connectivity index (χ4n) is 1.33. The zero-order valence-electron chi connectivity index (χ0n) is 7.64. The third kappa shape index (κ3) is 2.09. The first kappa shape index (κ1) is 10.3. The average molecular weight is 318 g/mol. The van der Waals surface area contributed by atoms with Crippen molar-refractivity contribution in [3.05, 3.63) is 37.4 Å². The van der Waals surface area contributed by atoms with Crippen LogP contribution in [0.4, 0.5) is 5.69 Å². The molecule has 0 bridgehead atoms. The maximum Gasteiger partial charge on any atom is 0.283 e. The normalized spacial score (nSPS) is 14.6. The Bertz CT molecular complexity index is 445. The summed E-state index contributed by atoms with van der Waals surface area (Å²) in [6.07, 6.45) is 0. The van der Waals surface area contributed by atoms with Gasteiger partial charge in [-0.25, -0.2) is 4.99 Å². The third-order valence-electron chi connectivity index (χ3n) is 1.97. The highest BCUT2D eigenvalue weighted by atomic mass is 127. The number of nitrogens with zero attached hydrogens (tertiary/aromatic N) is 2. The molecule has 0 saturated carbocycles. The largest absolute Gasteiger partial charge is 0.475 e. The van der Waals surface area contributed by atoms with E-state index in [0.29, 0.717) is 24.6 Å². The third-order valence-corrected chi connectivity index (χ3v) is 2.64. The van der Waals surface area contributed by atoms with Gasteiger partial charge >= 0.3 is 0 Å². The molecule has 0 aliphatic carbocycles. The molecule has 1 aromatic carbocycles. The van der Waals surface area contributed by atoms with E-state index in [0.717, 1.165) is 3.57 Å². The van der Waals surface area contributed by atoms with E-state index in [1.807, 2.05) is 22.6 Å². The maximum atomic E-state index is 10.8. The fraction of sp³-hybridized carbons (Fsp3) is 0.222. The number of benzene rings is 1. The van der Waals surface area contributed by atoms with Crippen molar-refractivity contribution >= 4 is 34.2 Å². The van der Waals surface area contributed by atoms with Crippen LogP contribution in [0.15, 0.2) is 23.2 Å². The van der Waals surface area contributed by atoms with Gasteiger partial charge in [-0.05, 0) is 34.7 Å². The lowest BCUT2D eigenvalue weighted by Gasteiger charge is -2.03. The van der Waals surface area contributed by atoms with E-state index in [1.54, 1.807) is 12.1 Å². The highest BCUT2D eigenvalue weighted by Gasteiger charge is 2.21. The van der Waals surface area contributed by atoms with E-state index in [-0.39, 0.29) is 5.69 Å². The minimum absolute atomic E-state index is 0.0440. The van der Waals surface area contributed by atoms with Crippen LogP contribution in [0.25, 0.3) is 0 Å². The first-order valence-electron chi connectivity index (χ1n) is 4.30. The molecule has 1 aliphatic heterocycles. The summed E-state index contributed by atoms with van der Waals surface area (Å²) >= 11 is 2.03. The number of aliphatic imine (C=N–C) groups is 1. The molecule has 0 N–H and O–H groups in total. The molecule has 0 unspecified atom stereocenters. The minimum atomic E-state index is -0.415. The van der Waals surface area contributed by atoms with Crippen molar-refractivity contribution in [2.45, 2.75) is 0 Å². The van der Waals surface area contributed by atoms with E-state index in [2.05, 4.69) is 4.99 Å². The highest BCUT2D eigenvalue weighted by Crippen LogP contribution is 2.23. The van der Waals surface area contributed by atoms with Crippen LogP contribution in [0.5, 0.6) is 0 Å². The monoisotopic (exact) mass is 318 g/mol. The summed E-state index contributed by atoms with van der Waals surface area (Å²) in [4.78, 5) is 14.5. The molecule has 0 fully saturated rings. The second kappa shape index (κ2) is 4.13. The average Bonchev–Trinajstić information content (AvgIpc) is 2.70. The van der Waals surface area contributed by atoms with Crippen LogP contribution in [-0.4, -0.2) is 24.0 Å². The number of hydrogen-bond acceptors (Lipinski definition) is 4. The van der Waals surface area contributed by atoms with Crippen molar-refractivity contribution < 1.29 is 9.66 Å². The molecular weight excluding hydrogens is 311 g/mol. The van der Waals surface area contributed by atoms with Crippen molar-refractivity contribution in [1.82, 2.24) is 0 Å². The number of hydrogen-bond donors (Lipinski definition) is 0. The second-order valence-electron chi connectivity index (χ2n) is 2.95. The first-order valence-corrected chi connectivity index (χ1v) is 5.38. The highest BCUT2D eigenvalue weighted by molar-refractivity contribution is 14.1. The number of nitro benzene ring substituents is 1. The molecule has 1 aliphatic rings. The molecule has 5 nitrogen and oxygen atoms in total. The van der Waals surface area contributed by atoms with Crippen LogP contribution in [0.2, 0.25) is 0 Å². The van der Waals surface area contributed by atoms with Gasteiger partial charge in [-0.2, -0.15) is 0 Å². The first-order chi connectivity index (χ1) is 7.18. The van der Waals surface area contributed by atoms with Crippen LogP contribution in [-0.2, 0) is 4.74 Å². The van der Waals surface area contributed by atoms with E-state index in [9.17, 15) is 10.1 Å².